The van der Waals surface area contributed by atoms with E-state index < -0.39 is 6.10 Å². The van der Waals surface area contributed by atoms with Crippen molar-refractivity contribution in [2.75, 3.05) is 19.8 Å². The quantitative estimate of drug-likeness (QED) is 0.903. The average molecular weight is 328 g/mol. The number of ether oxygens (including phenoxy) is 2. The van der Waals surface area contributed by atoms with Crippen molar-refractivity contribution in [2.24, 2.45) is 5.92 Å². The Morgan fingerprint density at radius 3 is 3.05 bits per heavy atom. The van der Waals surface area contributed by atoms with Crippen LogP contribution < -0.4 is 10.1 Å². The zero-order valence-corrected chi connectivity index (χ0v) is 12.5. The van der Waals surface area contributed by atoms with Gasteiger partial charge < -0.3 is 14.8 Å². The van der Waals surface area contributed by atoms with E-state index in [-0.39, 0.29) is 5.91 Å². The van der Waals surface area contributed by atoms with Crippen LogP contribution in [-0.2, 0) is 9.53 Å². The van der Waals surface area contributed by atoms with E-state index in [1.165, 1.54) is 0 Å². The van der Waals surface area contributed by atoms with Gasteiger partial charge in [0.15, 0.2) is 6.10 Å². The molecule has 2 atom stereocenters. The first-order valence-electron chi connectivity index (χ1n) is 6.43. The zero-order valence-electron chi connectivity index (χ0n) is 10.9. The fraction of sp³-hybridized carbons (Fsp3) is 0.500. The highest BCUT2D eigenvalue weighted by Gasteiger charge is 2.19. The Kier molecular flexibility index (Phi) is 5.22. The molecule has 0 radical (unpaired) electrons. The summed E-state index contributed by atoms with van der Waals surface area (Å²) >= 11 is 3.39. The van der Waals surface area contributed by atoms with Crippen molar-refractivity contribution in [3.05, 3.63) is 28.7 Å². The summed E-state index contributed by atoms with van der Waals surface area (Å²) in [6, 6.07) is 7.50. The fourth-order valence-electron chi connectivity index (χ4n) is 1.92. The van der Waals surface area contributed by atoms with E-state index in [0.29, 0.717) is 18.2 Å². The van der Waals surface area contributed by atoms with Gasteiger partial charge in [0.1, 0.15) is 5.75 Å². The molecule has 1 aliphatic heterocycles. The second-order valence-corrected chi connectivity index (χ2v) is 5.52. The van der Waals surface area contributed by atoms with Crippen molar-refractivity contribution in [3.8, 4) is 5.75 Å². The minimum atomic E-state index is -0.513. The highest BCUT2D eigenvalue weighted by molar-refractivity contribution is 9.10. The lowest BCUT2D eigenvalue weighted by Crippen LogP contribution is -2.39. The van der Waals surface area contributed by atoms with E-state index in [4.69, 9.17) is 9.47 Å². The van der Waals surface area contributed by atoms with Gasteiger partial charge in [0.25, 0.3) is 5.91 Å². The van der Waals surface area contributed by atoms with E-state index in [2.05, 4.69) is 21.2 Å². The SMILES string of the molecule is C[C@H](Oc1ccccc1Br)C(=O)NC[C@@H]1CCOC1. The summed E-state index contributed by atoms with van der Waals surface area (Å²) in [5.74, 6) is 1.01. The Hall–Kier alpha value is -1.07. The molecule has 0 aromatic heterocycles. The summed E-state index contributed by atoms with van der Waals surface area (Å²) in [6.07, 6.45) is 0.501. The van der Waals surface area contributed by atoms with E-state index in [0.717, 1.165) is 24.1 Å². The van der Waals surface area contributed by atoms with Crippen LogP contribution in [0.25, 0.3) is 0 Å². The van der Waals surface area contributed by atoms with Gasteiger partial charge in [-0.15, -0.1) is 0 Å². The molecular weight excluding hydrogens is 310 g/mol. The largest absolute Gasteiger partial charge is 0.480 e. The lowest BCUT2D eigenvalue weighted by atomic mass is 10.1. The molecule has 1 aliphatic rings. The first-order valence-corrected chi connectivity index (χ1v) is 7.22. The summed E-state index contributed by atoms with van der Waals surface area (Å²) in [5.41, 5.74) is 0. The molecule has 4 nitrogen and oxygen atoms in total. The van der Waals surface area contributed by atoms with Crippen LogP contribution >= 0.6 is 15.9 Å². The van der Waals surface area contributed by atoms with Gasteiger partial charge in [-0.2, -0.15) is 0 Å². The fourth-order valence-corrected chi connectivity index (χ4v) is 2.30. The third kappa shape index (κ3) is 4.21. The van der Waals surface area contributed by atoms with Crippen molar-refractivity contribution in [1.29, 1.82) is 0 Å². The van der Waals surface area contributed by atoms with E-state index >= 15 is 0 Å². The smallest absolute Gasteiger partial charge is 0.260 e. The number of carbonyl (C=O) groups is 1. The van der Waals surface area contributed by atoms with Crippen molar-refractivity contribution < 1.29 is 14.3 Å². The molecule has 1 fully saturated rings. The van der Waals surface area contributed by atoms with Gasteiger partial charge in [0.2, 0.25) is 0 Å². The topological polar surface area (TPSA) is 47.6 Å². The predicted molar refractivity (Wildman–Crippen MR) is 76.2 cm³/mol. The Balaban J connectivity index is 1.80. The highest BCUT2D eigenvalue weighted by atomic mass is 79.9. The minimum absolute atomic E-state index is 0.0948. The molecule has 0 spiro atoms. The third-order valence-corrected chi connectivity index (χ3v) is 3.75. The first kappa shape index (κ1) is 14.3. The number of benzene rings is 1. The molecule has 5 heteroatoms. The van der Waals surface area contributed by atoms with Crippen LogP contribution in [0.2, 0.25) is 0 Å². The number of hydrogen-bond acceptors (Lipinski definition) is 3. The minimum Gasteiger partial charge on any atom is -0.480 e. The zero-order chi connectivity index (χ0) is 13.7. The molecule has 1 aromatic carbocycles. The van der Waals surface area contributed by atoms with Crippen molar-refractivity contribution in [3.63, 3.8) is 0 Å². The van der Waals surface area contributed by atoms with Gasteiger partial charge >= 0.3 is 0 Å². The van der Waals surface area contributed by atoms with Crippen LogP contribution in [0, 0.1) is 5.92 Å². The number of rotatable bonds is 5. The van der Waals surface area contributed by atoms with Crippen molar-refractivity contribution in [1.82, 2.24) is 5.32 Å². The van der Waals surface area contributed by atoms with Crippen LogP contribution in [0.3, 0.4) is 0 Å². The number of amides is 1. The van der Waals surface area contributed by atoms with Crippen LogP contribution in [0.15, 0.2) is 28.7 Å². The van der Waals surface area contributed by atoms with Crippen molar-refractivity contribution in [2.45, 2.75) is 19.4 Å². The van der Waals surface area contributed by atoms with Gasteiger partial charge in [0, 0.05) is 19.1 Å². The van der Waals surface area contributed by atoms with Gasteiger partial charge in [-0.05, 0) is 41.4 Å². The molecule has 2 rings (SSSR count). The number of carbonyl (C=O) groups excluding carboxylic acids is 1. The monoisotopic (exact) mass is 327 g/mol. The Morgan fingerprint density at radius 1 is 1.58 bits per heavy atom. The number of para-hydroxylation sites is 1. The number of halogens is 1. The van der Waals surface area contributed by atoms with Gasteiger partial charge in [-0.1, -0.05) is 12.1 Å². The summed E-state index contributed by atoms with van der Waals surface area (Å²) < 4.78 is 11.8. The summed E-state index contributed by atoms with van der Waals surface area (Å²) in [5, 5.41) is 2.90. The molecule has 0 saturated carbocycles. The lowest BCUT2D eigenvalue weighted by molar-refractivity contribution is -0.127. The van der Waals surface area contributed by atoms with Crippen molar-refractivity contribution >= 4 is 21.8 Å². The number of nitrogens with one attached hydrogen (secondary N) is 1. The second-order valence-electron chi connectivity index (χ2n) is 4.67. The maximum Gasteiger partial charge on any atom is 0.260 e. The van der Waals surface area contributed by atoms with Crippen LogP contribution in [0.5, 0.6) is 5.75 Å². The molecule has 0 bridgehead atoms. The first-order chi connectivity index (χ1) is 9.16. The highest BCUT2D eigenvalue weighted by Crippen LogP contribution is 2.24. The van der Waals surface area contributed by atoms with Gasteiger partial charge in [-0.3, -0.25) is 4.79 Å². The Morgan fingerprint density at radius 2 is 2.37 bits per heavy atom. The lowest BCUT2D eigenvalue weighted by Gasteiger charge is -2.16. The second kappa shape index (κ2) is 6.91. The number of hydrogen-bond donors (Lipinski definition) is 1. The van der Waals surface area contributed by atoms with Crippen LogP contribution in [0.4, 0.5) is 0 Å². The van der Waals surface area contributed by atoms with E-state index in [9.17, 15) is 4.79 Å². The molecule has 1 saturated heterocycles. The maximum atomic E-state index is 11.9. The van der Waals surface area contributed by atoms with E-state index in [1.54, 1.807) is 6.92 Å². The molecule has 1 N–H and O–H groups in total. The maximum absolute atomic E-state index is 11.9. The molecular formula is C14H18BrNO3. The van der Waals surface area contributed by atoms with Gasteiger partial charge in [0.05, 0.1) is 11.1 Å². The predicted octanol–water partition coefficient (Wildman–Crippen LogP) is 2.37. The van der Waals surface area contributed by atoms with Crippen LogP contribution in [0.1, 0.15) is 13.3 Å². The van der Waals surface area contributed by atoms with Crippen LogP contribution in [-0.4, -0.2) is 31.8 Å². The normalized spacial score (nSPS) is 20.0. The standard InChI is InChI=1S/C14H18BrNO3/c1-10(19-13-5-3-2-4-12(13)15)14(17)16-8-11-6-7-18-9-11/h2-5,10-11H,6-9H2,1H3,(H,16,17)/t10-,11-/m0/s1. The van der Waals surface area contributed by atoms with Gasteiger partial charge in [-0.25, -0.2) is 0 Å². The average Bonchev–Trinajstić information content (AvgIpc) is 2.91. The van der Waals surface area contributed by atoms with E-state index in [1.807, 2.05) is 24.3 Å². The molecule has 1 aromatic rings. The Labute approximate surface area is 121 Å². The summed E-state index contributed by atoms with van der Waals surface area (Å²) in [7, 11) is 0. The molecule has 0 aliphatic carbocycles. The summed E-state index contributed by atoms with van der Waals surface area (Å²) in [4.78, 5) is 11.9. The molecule has 19 heavy (non-hydrogen) atoms. The molecule has 0 unspecified atom stereocenters. The third-order valence-electron chi connectivity index (χ3n) is 3.10. The molecule has 104 valence electrons. The molecule has 1 heterocycles. The summed E-state index contributed by atoms with van der Waals surface area (Å²) in [6.45, 7) is 3.94. The Bertz CT molecular complexity index is 432. The molecule has 1 amide bonds.